The lowest BCUT2D eigenvalue weighted by atomic mass is 10.2. The molecule has 1 amide bonds. The molecule has 0 aliphatic heterocycles. The first-order valence-electron chi connectivity index (χ1n) is 6.28. The van der Waals surface area contributed by atoms with Crippen molar-refractivity contribution in [3.05, 3.63) is 23.8 Å². The van der Waals surface area contributed by atoms with Crippen LogP contribution in [0.3, 0.4) is 0 Å². The van der Waals surface area contributed by atoms with E-state index >= 15 is 0 Å². The quantitative estimate of drug-likeness (QED) is 0.825. The SMILES string of the molecule is CC[C@H](C)NC(=O)c1ccc(OC)c(S(=O)(=O)NC)c1. The summed E-state index contributed by atoms with van der Waals surface area (Å²) in [5.41, 5.74) is 0.278. The van der Waals surface area contributed by atoms with E-state index in [1.54, 1.807) is 0 Å². The van der Waals surface area contributed by atoms with E-state index in [4.69, 9.17) is 4.74 Å². The second-order valence-electron chi connectivity index (χ2n) is 4.36. The van der Waals surface area contributed by atoms with Crippen LogP contribution in [-0.2, 0) is 10.0 Å². The van der Waals surface area contributed by atoms with Gasteiger partial charge < -0.3 is 10.1 Å². The fourth-order valence-electron chi connectivity index (χ4n) is 1.55. The van der Waals surface area contributed by atoms with E-state index in [-0.39, 0.29) is 28.2 Å². The highest BCUT2D eigenvalue weighted by atomic mass is 32.2. The number of hydrogen-bond donors (Lipinski definition) is 2. The fraction of sp³-hybridized carbons (Fsp3) is 0.462. The van der Waals surface area contributed by atoms with Crippen molar-refractivity contribution in [1.82, 2.24) is 10.0 Å². The van der Waals surface area contributed by atoms with E-state index in [0.717, 1.165) is 6.42 Å². The summed E-state index contributed by atoms with van der Waals surface area (Å²) in [4.78, 5) is 12.0. The second-order valence-corrected chi connectivity index (χ2v) is 6.21. The van der Waals surface area contributed by atoms with Crippen LogP contribution in [0.25, 0.3) is 0 Å². The Balaban J connectivity index is 3.20. The molecule has 0 fully saturated rings. The number of amides is 1. The van der Waals surface area contributed by atoms with Gasteiger partial charge in [-0.25, -0.2) is 13.1 Å². The molecular formula is C13H20N2O4S. The van der Waals surface area contributed by atoms with Crippen LogP contribution >= 0.6 is 0 Å². The lowest BCUT2D eigenvalue weighted by Gasteiger charge is -2.13. The van der Waals surface area contributed by atoms with Gasteiger partial charge in [-0.1, -0.05) is 6.92 Å². The number of methoxy groups -OCH3 is 1. The number of hydrogen-bond acceptors (Lipinski definition) is 4. The van der Waals surface area contributed by atoms with Gasteiger partial charge in [0.2, 0.25) is 10.0 Å². The molecule has 6 nitrogen and oxygen atoms in total. The predicted octanol–water partition coefficient (Wildman–Crippen LogP) is 1.13. The number of ether oxygens (including phenoxy) is 1. The van der Waals surface area contributed by atoms with E-state index in [9.17, 15) is 13.2 Å². The summed E-state index contributed by atoms with van der Waals surface area (Å²) in [5.74, 6) is -0.117. The lowest BCUT2D eigenvalue weighted by Crippen LogP contribution is -2.32. The summed E-state index contributed by atoms with van der Waals surface area (Å²) in [7, 11) is -1.00. The predicted molar refractivity (Wildman–Crippen MR) is 76.5 cm³/mol. The Morgan fingerprint density at radius 1 is 1.40 bits per heavy atom. The summed E-state index contributed by atoms with van der Waals surface area (Å²) < 4.78 is 31.1. The molecule has 0 spiro atoms. The zero-order chi connectivity index (χ0) is 15.3. The third-order valence-corrected chi connectivity index (χ3v) is 4.41. The van der Waals surface area contributed by atoms with Gasteiger partial charge in [-0.15, -0.1) is 0 Å². The summed E-state index contributed by atoms with van der Waals surface area (Å²) in [5, 5.41) is 2.79. The largest absolute Gasteiger partial charge is 0.495 e. The van der Waals surface area contributed by atoms with Gasteiger partial charge in [-0.3, -0.25) is 4.79 Å². The molecule has 0 heterocycles. The number of benzene rings is 1. The molecule has 0 unspecified atom stereocenters. The molecule has 20 heavy (non-hydrogen) atoms. The molecule has 0 aromatic heterocycles. The maximum atomic E-state index is 12.0. The Kier molecular flexibility index (Phi) is 5.52. The zero-order valence-electron chi connectivity index (χ0n) is 12.1. The Morgan fingerprint density at radius 3 is 2.55 bits per heavy atom. The monoisotopic (exact) mass is 300 g/mol. The van der Waals surface area contributed by atoms with Crippen LogP contribution in [0, 0.1) is 0 Å². The maximum Gasteiger partial charge on any atom is 0.251 e. The molecule has 1 atom stereocenters. The lowest BCUT2D eigenvalue weighted by molar-refractivity contribution is 0.0939. The number of sulfonamides is 1. The average molecular weight is 300 g/mol. The molecule has 0 saturated heterocycles. The molecular weight excluding hydrogens is 280 g/mol. The molecule has 112 valence electrons. The summed E-state index contributed by atoms with van der Waals surface area (Å²) in [6.07, 6.45) is 0.795. The smallest absolute Gasteiger partial charge is 0.251 e. The highest BCUT2D eigenvalue weighted by molar-refractivity contribution is 7.89. The molecule has 1 aromatic rings. The Labute approximate surface area is 119 Å². The molecule has 0 radical (unpaired) electrons. The van der Waals surface area contributed by atoms with E-state index < -0.39 is 10.0 Å². The van der Waals surface area contributed by atoms with Crippen molar-refractivity contribution in [3.63, 3.8) is 0 Å². The van der Waals surface area contributed by atoms with Gasteiger partial charge in [-0.05, 0) is 38.6 Å². The van der Waals surface area contributed by atoms with E-state index in [2.05, 4.69) is 10.0 Å². The summed E-state index contributed by atoms with van der Waals surface area (Å²) in [6.45, 7) is 3.84. The maximum absolute atomic E-state index is 12.0. The molecule has 0 aliphatic carbocycles. The van der Waals surface area contributed by atoms with Gasteiger partial charge >= 0.3 is 0 Å². The van der Waals surface area contributed by atoms with Crippen LogP contribution in [0.15, 0.2) is 23.1 Å². The summed E-state index contributed by atoms with van der Waals surface area (Å²) in [6, 6.07) is 4.33. The van der Waals surface area contributed by atoms with Gasteiger partial charge in [0.1, 0.15) is 10.6 Å². The minimum atomic E-state index is -3.69. The first kappa shape index (κ1) is 16.5. The standard InChI is InChI=1S/C13H20N2O4S/c1-5-9(2)15-13(16)10-6-7-11(19-4)12(8-10)20(17,18)14-3/h6-9,14H,5H2,1-4H3,(H,15,16)/t9-/m0/s1. The molecule has 0 bridgehead atoms. The van der Waals surface area contributed by atoms with Crippen molar-refractivity contribution < 1.29 is 17.9 Å². The third kappa shape index (κ3) is 3.71. The first-order valence-corrected chi connectivity index (χ1v) is 7.76. The van der Waals surface area contributed by atoms with Crippen LogP contribution in [0.1, 0.15) is 30.6 Å². The molecule has 0 saturated carbocycles. The Morgan fingerprint density at radius 2 is 2.05 bits per heavy atom. The van der Waals surface area contributed by atoms with Crippen molar-refractivity contribution in [2.45, 2.75) is 31.2 Å². The number of nitrogens with one attached hydrogen (secondary N) is 2. The van der Waals surface area contributed by atoms with Crippen LogP contribution in [-0.4, -0.2) is 34.5 Å². The van der Waals surface area contributed by atoms with Crippen LogP contribution in [0.5, 0.6) is 5.75 Å². The molecule has 7 heteroatoms. The fourth-order valence-corrected chi connectivity index (χ4v) is 2.47. The van der Waals surface area contributed by atoms with Crippen molar-refractivity contribution in [2.75, 3.05) is 14.2 Å². The summed E-state index contributed by atoms with van der Waals surface area (Å²) >= 11 is 0. The third-order valence-electron chi connectivity index (χ3n) is 2.97. The van der Waals surface area contributed by atoms with Crippen molar-refractivity contribution in [2.24, 2.45) is 0 Å². The number of rotatable bonds is 6. The average Bonchev–Trinajstić information content (AvgIpc) is 2.46. The van der Waals surface area contributed by atoms with Gasteiger partial charge in [0.05, 0.1) is 7.11 Å². The highest BCUT2D eigenvalue weighted by Gasteiger charge is 2.20. The van der Waals surface area contributed by atoms with Crippen molar-refractivity contribution in [1.29, 1.82) is 0 Å². The Bertz CT molecular complexity index is 584. The minimum Gasteiger partial charge on any atom is -0.495 e. The topological polar surface area (TPSA) is 84.5 Å². The van der Waals surface area contributed by atoms with Gasteiger partial charge in [0, 0.05) is 11.6 Å². The normalized spacial score (nSPS) is 12.8. The van der Waals surface area contributed by atoms with Crippen LogP contribution in [0.4, 0.5) is 0 Å². The zero-order valence-corrected chi connectivity index (χ0v) is 12.9. The van der Waals surface area contributed by atoms with Crippen molar-refractivity contribution >= 4 is 15.9 Å². The molecule has 1 rings (SSSR count). The van der Waals surface area contributed by atoms with E-state index in [1.165, 1.54) is 32.4 Å². The van der Waals surface area contributed by atoms with Crippen LogP contribution < -0.4 is 14.8 Å². The van der Waals surface area contributed by atoms with Crippen LogP contribution in [0.2, 0.25) is 0 Å². The number of carbonyl (C=O) groups excluding carboxylic acids is 1. The van der Waals surface area contributed by atoms with Gasteiger partial charge in [0.15, 0.2) is 0 Å². The van der Waals surface area contributed by atoms with E-state index in [1.807, 2.05) is 13.8 Å². The first-order chi connectivity index (χ1) is 9.35. The second kappa shape index (κ2) is 6.71. The van der Waals surface area contributed by atoms with Gasteiger partial charge in [0.25, 0.3) is 5.91 Å². The van der Waals surface area contributed by atoms with E-state index in [0.29, 0.717) is 0 Å². The van der Waals surface area contributed by atoms with Crippen molar-refractivity contribution in [3.8, 4) is 5.75 Å². The Hall–Kier alpha value is -1.60. The minimum absolute atomic E-state index is 0.0222. The highest BCUT2D eigenvalue weighted by Crippen LogP contribution is 2.24. The number of carbonyl (C=O) groups is 1. The van der Waals surface area contributed by atoms with Gasteiger partial charge in [-0.2, -0.15) is 0 Å². The molecule has 1 aromatic carbocycles. The molecule has 0 aliphatic rings. The molecule has 2 N–H and O–H groups in total.